The third kappa shape index (κ3) is 3.03. The lowest BCUT2D eigenvalue weighted by Crippen LogP contribution is -2.23. The van der Waals surface area contributed by atoms with Gasteiger partial charge in [0.25, 0.3) is 5.91 Å². The van der Waals surface area contributed by atoms with Gasteiger partial charge in [0.2, 0.25) is 0 Å². The average Bonchev–Trinajstić information content (AvgIpc) is 2.74. The fraction of sp³-hybridized carbons (Fsp3) is 0.188. The summed E-state index contributed by atoms with van der Waals surface area (Å²) in [5.74, 6) is -0.886. The number of rotatable bonds is 2. The van der Waals surface area contributed by atoms with Gasteiger partial charge >= 0.3 is 6.18 Å². The van der Waals surface area contributed by atoms with Crippen molar-refractivity contribution in [3.05, 3.63) is 69.5 Å². The predicted octanol–water partition coefficient (Wildman–Crippen LogP) is 4.65. The van der Waals surface area contributed by atoms with Gasteiger partial charge in [0.05, 0.1) is 16.1 Å². The second-order valence-corrected chi connectivity index (χ2v) is 5.68. The number of alkyl halides is 3. The van der Waals surface area contributed by atoms with Crippen molar-refractivity contribution in [2.24, 2.45) is 0 Å². The van der Waals surface area contributed by atoms with E-state index in [-0.39, 0.29) is 29.6 Å². The number of amides is 1. The van der Waals surface area contributed by atoms with Crippen LogP contribution in [0.2, 0.25) is 5.02 Å². The van der Waals surface area contributed by atoms with E-state index in [1.54, 1.807) is 0 Å². The maximum atomic E-state index is 13.3. The average molecular weight is 344 g/mol. The Morgan fingerprint density at radius 2 is 1.78 bits per heavy atom. The molecule has 0 radical (unpaired) electrons. The van der Waals surface area contributed by atoms with E-state index in [1.165, 1.54) is 23.1 Å². The van der Waals surface area contributed by atoms with E-state index in [1.807, 2.05) is 0 Å². The number of fused-ring (bicyclic) bond motifs is 1. The first-order chi connectivity index (χ1) is 10.8. The van der Waals surface area contributed by atoms with Gasteiger partial charge in [0.1, 0.15) is 5.82 Å². The predicted molar refractivity (Wildman–Crippen MR) is 76.4 cm³/mol. The number of carbonyl (C=O) groups excluding carboxylic acids is 1. The van der Waals surface area contributed by atoms with Gasteiger partial charge in [-0.3, -0.25) is 4.79 Å². The van der Waals surface area contributed by atoms with E-state index in [0.717, 1.165) is 18.2 Å². The van der Waals surface area contributed by atoms with Crippen LogP contribution in [0.4, 0.5) is 17.6 Å². The van der Waals surface area contributed by atoms with Crippen molar-refractivity contribution in [3.63, 3.8) is 0 Å². The quantitative estimate of drug-likeness (QED) is 0.727. The monoisotopic (exact) mass is 343 g/mol. The number of hydrogen-bond acceptors (Lipinski definition) is 1. The van der Waals surface area contributed by atoms with E-state index in [2.05, 4.69) is 0 Å². The van der Waals surface area contributed by atoms with Gasteiger partial charge in [-0.1, -0.05) is 23.7 Å². The summed E-state index contributed by atoms with van der Waals surface area (Å²) in [6.45, 7) is 0.302. The molecule has 0 spiro atoms. The Morgan fingerprint density at radius 1 is 1.13 bits per heavy atom. The van der Waals surface area contributed by atoms with Gasteiger partial charge < -0.3 is 4.90 Å². The zero-order valence-electron chi connectivity index (χ0n) is 11.6. The molecular weight excluding hydrogens is 334 g/mol. The van der Waals surface area contributed by atoms with Gasteiger partial charge in [-0.05, 0) is 35.4 Å². The summed E-state index contributed by atoms with van der Waals surface area (Å²) in [6, 6.07) is 6.89. The van der Waals surface area contributed by atoms with Gasteiger partial charge in [0.15, 0.2) is 0 Å². The third-order valence-corrected chi connectivity index (χ3v) is 3.95. The Kier molecular flexibility index (Phi) is 3.80. The Hall–Kier alpha value is -2.08. The highest BCUT2D eigenvalue weighted by atomic mass is 35.5. The lowest BCUT2D eigenvalue weighted by molar-refractivity contribution is -0.137. The van der Waals surface area contributed by atoms with Crippen LogP contribution in [-0.2, 0) is 19.3 Å². The largest absolute Gasteiger partial charge is 0.416 e. The van der Waals surface area contributed by atoms with Crippen molar-refractivity contribution in [2.75, 3.05) is 0 Å². The van der Waals surface area contributed by atoms with E-state index in [9.17, 15) is 22.4 Å². The summed E-state index contributed by atoms with van der Waals surface area (Å²) in [5.41, 5.74) is 0.532. The highest BCUT2D eigenvalue weighted by molar-refractivity contribution is 6.34. The SMILES string of the molecule is O=C1c2c(Cl)cc(F)cc2CN1Cc1ccc(C(F)(F)F)cc1. The fourth-order valence-corrected chi connectivity index (χ4v) is 2.88. The van der Waals surface area contributed by atoms with Gasteiger partial charge in [-0.2, -0.15) is 13.2 Å². The summed E-state index contributed by atoms with van der Waals surface area (Å²) < 4.78 is 50.9. The van der Waals surface area contributed by atoms with Crippen molar-refractivity contribution >= 4 is 17.5 Å². The molecule has 2 aromatic rings. The molecular formula is C16H10ClF4NO. The van der Waals surface area contributed by atoms with Crippen LogP contribution in [0.1, 0.15) is 27.0 Å². The molecule has 0 atom stereocenters. The number of halogens is 5. The summed E-state index contributed by atoms with van der Waals surface area (Å²) in [6.07, 6.45) is -4.40. The lowest BCUT2D eigenvalue weighted by Gasteiger charge is -2.16. The van der Waals surface area contributed by atoms with Crippen molar-refractivity contribution in [1.29, 1.82) is 0 Å². The summed E-state index contributed by atoms with van der Waals surface area (Å²) in [7, 11) is 0. The first-order valence-electron chi connectivity index (χ1n) is 6.69. The van der Waals surface area contributed by atoms with Gasteiger partial charge in [-0.25, -0.2) is 4.39 Å². The third-order valence-electron chi connectivity index (χ3n) is 3.65. The molecule has 2 aromatic carbocycles. The first-order valence-corrected chi connectivity index (χ1v) is 7.07. The number of benzene rings is 2. The molecule has 120 valence electrons. The minimum absolute atomic E-state index is 0.0416. The molecule has 1 aliphatic rings. The Morgan fingerprint density at radius 3 is 2.39 bits per heavy atom. The molecule has 0 bridgehead atoms. The van der Waals surface area contributed by atoms with Crippen molar-refractivity contribution in [1.82, 2.24) is 4.90 Å². The van der Waals surface area contributed by atoms with Crippen LogP contribution < -0.4 is 0 Å². The molecule has 3 rings (SSSR count). The minimum atomic E-state index is -4.40. The molecule has 0 aromatic heterocycles. The standard InChI is InChI=1S/C16H10ClF4NO/c17-13-6-12(18)5-10-8-22(15(23)14(10)13)7-9-1-3-11(4-2-9)16(19,20)21/h1-6H,7-8H2. The summed E-state index contributed by atoms with van der Waals surface area (Å²) >= 11 is 5.90. The molecule has 2 nitrogen and oxygen atoms in total. The van der Waals surface area contributed by atoms with Gasteiger partial charge in [-0.15, -0.1) is 0 Å². The van der Waals surface area contributed by atoms with Crippen LogP contribution in [0, 0.1) is 5.82 Å². The number of hydrogen-bond donors (Lipinski definition) is 0. The Labute approximate surface area is 134 Å². The van der Waals surface area contributed by atoms with Crippen molar-refractivity contribution in [2.45, 2.75) is 19.3 Å². The highest BCUT2D eigenvalue weighted by Crippen LogP contribution is 2.32. The molecule has 0 saturated heterocycles. The van der Waals surface area contributed by atoms with E-state index >= 15 is 0 Å². The molecule has 23 heavy (non-hydrogen) atoms. The highest BCUT2D eigenvalue weighted by Gasteiger charge is 2.32. The maximum absolute atomic E-state index is 13.3. The molecule has 1 heterocycles. The van der Waals surface area contributed by atoms with E-state index in [4.69, 9.17) is 11.6 Å². The second kappa shape index (κ2) is 5.53. The zero-order chi connectivity index (χ0) is 16.8. The summed E-state index contributed by atoms with van der Waals surface area (Å²) in [5, 5.41) is 0.0416. The Bertz CT molecular complexity index is 771. The van der Waals surface area contributed by atoms with Gasteiger partial charge in [0, 0.05) is 13.1 Å². The van der Waals surface area contributed by atoms with Crippen LogP contribution in [0.25, 0.3) is 0 Å². The smallest absolute Gasteiger partial charge is 0.330 e. The van der Waals surface area contributed by atoms with E-state index in [0.29, 0.717) is 11.1 Å². The molecule has 1 aliphatic heterocycles. The molecule has 1 amide bonds. The van der Waals surface area contributed by atoms with Crippen LogP contribution in [0.3, 0.4) is 0 Å². The van der Waals surface area contributed by atoms with Crippen LogP contribution >= 0.6 is 11.6 Å². The normalized spacial score (nSPS) is 14.3. The molecule has 0 N–H and O–H groups in total. The number of carbonyl (C=O) groups is 1. The summed E-state index contributed by atoms with van der Waals surface area (Å²) in [4.78, 5) is 13.7. The molecule has 0 saturated carbocycles. The van der Waals surface area contributed by atoms with Crippen molar-refractivity contribution in [3.8, 4) is 0 Å². The molecule has 7 heteroatoms. The minimum Gasteiger partial charge on any atom is -0.330 e. The Balaban J connectivity index is 1.80. The van der Waals surface area contributed by atoms with E-state index < -0.39 is 17.6 Å². The second-order valence-electron chi connectivity index (χ2n) is 5.28. The van der Waals surface area contributed by atoms with Crippen LogP contribution in [-0.4, -0.2) is 10.8 Å². The maximum Gasteiger partial charge on any atom is 0.416 e. The molecule has 0 fully saturated rings. The van der Waals surface area contributed by atoms with Crippen molar-refractivity contribution < 1.29 is 22.4 Å². The van der Waals surface area contributed by atoms with Crippen LogP contribution in [0.15, 0.2) is 36.4 Å². The van der Waals surface area contributed by atoms with Crippen LogP contribution in [0.5, 0.6) is 0 Å². The number of nitrogens with zero attached hydrogens (tertiary/aromatic N) is 1. The topological polar surface area (TPSA) is 20.3 Å². The molecule has 0 aliphatic carbocycles. The fourth-order valence-electron chi connectivity index (χ4n) is 2.57. The lowest BCUT2D eigenvalue weighted by atomic mass is 10.1. The zero-order valence-corrected chi connectivity index (χ0v) is 12.4. The first kappa shape index (κ1) is 15.8. The molecule has 0 unspecified atom stereocenters.